The van der Waals surface area contributed by atoms with Crippen LogP contribution in [0.15, 0.2) is 28.7 Å². The van der Waals surface area contributed by atoms with Gasteiger partial charge in [-0.05, 0) is 63.9 Å². The highest BCUT2D eigenvalue weighted by Gasteiger charge is 2.35. The Morgan fingerprint density at radius 2 is 2.24 bits per heavy atom. The monoisotopic (exact) mass is 352 g/mol. The molecule has 1 aromatic carbocycles. The fourth-order valence-electron chi connectivity index (χ4n) is 3.10. The van der Waals surface area contributed by atoms with Crippen molar-refractivity contribution in [2.75, 3.05) is 26.7 Å². The first-order valence-corrected chi connectivity index (χ1v) is 8.44. The SMILES string of the molecule is CNCC1CCCN(C(=O)C(C)(C)c2cccc(Br)c2)C1. The van der Waals surface area contributed by atoms with E-state index in [-0.39, 0.29) is 5.91 Å². The quantitative estimate of drug-likeness (QED) is 0.902. The molecule has 0 radical (unpaired) electrons. The topological polar surface area (TPSA) is 32.3 Å². The number of hydrogen-bond acceptors (Lipinski definition) is 2. The van der Waals surface area contributed by atoms with E-state index in [4.69, 9.17) is 0 Å². The van der Waals surface area contributed by atoms with Gasteiger partial charge in [0.25, 0.3) is 0 Å². The van der Waals surface area contributed by atoms with Gasteiger partial charge in [0.1, 0.15) is 0 Å². The maximum Gasteiger partial charge on any atom is 0.232 e. The van der Waals surface area contributed by atoms with Gasteiger partial charge in [-0.2, -0.15) is 0 Å². The second-order valence-corrected chi connectivity index (χ2v) is 7.37. The second kappa shape index (κ2) is 6.93. The Morgan fingerprint density at radius 1 is 1.48 bits per heavy atom. The first-order chi connectivity index (χ1) is 9.95. The number of hydrogen-bond donors (Lipinski definition) is 1. The molecule has 4 heteroatoms. The van der Waals surface area contributed by atoms with Crippen molar-refractivity contribution in [3.63, 3.8) is 0 Å². The van der Waals surface area contributed by atoms with Gasteiger partial charge in [0.2, 0.25) is 5.91 Å². The van der Waals surface area contributed by atoms with Gasteiger partial charge in [-0.3, -0.25) is 4.79 Å². The van der Waals surface area contributed by atoms with Crippen molar-refractivity contribution in [2.45, 2.75) is 32.1 Å². The van der Waals surface area contributed by atoms with Gasteiger partial charge in [0.05, 0.1) is 5.41 Å². The molecule has 21 heavy (non-hydrogen) atoms. The average molecular weight is 353 g/mol. The molecule has 1 unspecified atom stereocenters. The first-order valence-electron chi connectivity index (χ1n) is 7.65. The highest BCUT2D eigenvalue weighted by Crippen LogP contribution is 2.29. The summed E-state index contributed by atoms with van der Waals surface area (Å²) in [4.78, 5) is 15.0. The van der Waals surface area contributed by atoms with Crippen LogP contribution in [0.25, 0.3) is 0 Å². The molecule has 0 saturated carbocycles. The predicted molar refractivity (Wildman–Crippen MR) is 90.4 cm³/mol. The third-order valence-electron chi connectivity index (χ3n) is 4.38. The van der Waals surface area contributed by atoms with Crippen molar-refractivity contribution in [2.24, 2.45) is 5.92 Å². The van der Waals surface area contributed by atoms with E-state index >= 15 is 0 Å². The van der Waals surface area contributed by atoms with Crippen molar-refractivity contribution in [1.82, 2.24) is 10.2 Å². The lowest BCUT2D eigenvalue weighted by molar-refractivity contribution is -0.138. The number of piperidine rings is 1. The largest absolute Gasteiger partial charge is 0.342 e. The molecule has 1 saturated heterocycles. The van der Waals surface area contributed by atoms with E-state index in [2.05, 4.69) is 21.2 Å². The van der Waals surface area contributed by atoms with E-state index in [1.54, 1.807) is 0 Å². The number of carbonyl (C=O) groups excluding carboxylic acids is 1. The zero-order chi connectivity index (χ0) is 15.5. The molecule has 1 aromatic rings. The zero-order valence-electron chi connectivity index (χ0n) is 13.2. The first kappa shape index (κ1) is 16.5. The Balaban J connectivity index is 2.14. The van der Waals surface area contributed by atoms with Gasteiger partial charge >= 0.3 is 0 Å². The molecule has 1 N–H and O–H groups in total. The van der Waals surface area contributed by atoms with Crippen LogP contribution in [0, 0.1) is 5.92 Å². The van der Waals surface area contributed by atoms with E-state index in [0.29, 0.717) is 5.92 Å². The smallest absolute Gasteiger partial charge is 0.232 e. The van der Waals surface area contributed by atoms with Crippen LogP contribution in [0.5, 0.6) is 0 Å². The van der Waals surface area contributed by atoms with E-state index in [1.807, 2.05) is 50.1 Å². The standard InChI is InChI=1S/C17H25BrN2O/c1-17(2,14-7-4-8-15(18)10-14)16(21)20-9-5-6-13(12-20)11-19-3/h4,7-8,10,13,19H,5-6,9,11-12H2,1-3H3. The molecule has 0 aromatic heterocycles. The summed E-state index contributed by atoms with van der Waals surface area (Å²) in [6, 6.07) is 8.08. The van der Waals surface area contributed by atoms with Crippen molar-refractivity contribution in [1.29, 1.82) is 0 Å². The molecule has 0 bridgehead atoms. The molecule has 3 nitrogen and oxygen atoms in total. The van der Waals surface area contributed by atoms with Gasteiger partial charge in [0, 0.05) is 17.6 Å². The minimum absolute atomic E-state index is 0.237. The van der Waals surface area contributed by atoms with E-state index in [0.717, 1.165) is 36.1 Å². The summed E-state index contributed by atoms with van der Waals surface area (Å²) >= 11 is 3.50. The van der Waals surface area contributed by atoms with Gasteiger partial charge in [-0.25, -0.2) is 0 Å². The van der Waals surface area contributed by atoms with Crippen LogP contribution in [0.3, 0.4) is 0 Å². The van der Waals surface area contributed by atoms with Crippen LogP contribution in [0.2, 0.25) is 0 Å². The fraction of sp³-hybridized carbons (Fsp3) is 0.588. The predicted octanol–water partition coefficient (Wildman–Crippen LogP) is 3.18. The number of amides is 1. The molecule has 1 fully saturated rings. The summed E-state index contributed by atoms with van der Waals surface area (Å²) in [5.41, 5.74) is 0.586. The van der Waals surface area contributed by atoms with Gasteiger partial charge < -0.3 is 10.2 Å². The lowest BCUT2D eigenvalue weighted by Crippen LogP contribution is -2.49. The molecular formula is C17H25BrN2O. The third kappa shape index (κ3) is 3.86. The van der Waals surface area contributed by atoms with Crippen molar-refractivity contribution >= 4 is 21.8 Å². The van der Waals surface area contributed by atoms with Crippen molar-refractivity contribution < 1.29 is 4.79 Å². The molecule has 1 aliphatic heterocycles. The van der Waals surface area contributed by atoms with Gasteiger partial charge in [0.15, 0.2) is 0 Å². The van der Waals surface area contributed by atoms with Gasteiger partial charge in [-0.1, -0.05) is 28.1 Å². The Bertz CT molecular complexity index is 499. The Labute approximate surface area is 136 Å². The number of benzene rings is 1. The van der Waals surface area contributed by atoms with E-state index < -0.39 is 5.41 Å². The van der Waals surface area contributed by atoms with Crippen LogP contribution >= 0.6 is 15.9 Å². The minimum Gasteiger partial charge on any atom is -0.342 e. The number of likely N-dealkylation sites (tertiary alicyclic amines) is 1. The molecule has 0 aliphatic carbocycles. The summed E-state index contributed by atoms with van der Waals surface area (Å²) < 4.78 is 1.02. The van der Waals surface area contributed by atoms with E-state index in [9.17, 15) is 4.79 Å². The highest BCUT2D eigenvalue weighted by molar-refractivity contribution is 9.10. The third-order valence-corrected chi connectivity index (χ3v) is 4.87. The Hall–Kier alpha value is -0.870. The maximum atomic E-state index is 13.0. The number of nitrogens with one attached hydrogen (secondary N) is 1. The summed E-state index contributed by atoms with van der Waals surface area (Å²) in [7, 11) is 1.98. The maximum absolute atomic E-state index is 13.0. The lowest BCUT2D eigenvalue weighted by Gasteiger charge is -2.38. The van der Waals surface area contributed by atoms with Crippen molar-refractivity contribution in [3.05, 3.63) is 34.3 Å². The Kier molecular flexibility index (Phi) is 5.44. The molecular weight excluding hydrogens is 328 g/mol. The van der Waals surface area contributed by atoms with Crippen LogP contribution < -0.4 is 5.32 Å². The van der Waals surface area contributed by atoms with Crippen LogP contribution in [0.4, 0.5) is 0 Å². The molecule has 1 amide bonds. The highest BCUT2D eigenvalue weighted by atomic mass is 79.9. The fourth-order valence-corrected chi connectivity index (χ4v) is 3.50. The Morgan fingerprint density at radius 3 is 2.90 bits per heavy atom. The number of halogens is 1. The normalized spacial score (nSPS) is 19.6. The van der Waals surface area contributed by atoms with Crippen LogP contribution in [-0.4, -0.2) is 37.5 Å². The molecule has 1 aliphatic rings. The molecule has 2 rings (SSSR count). The summed E-state index contributed by atoms with van der Waals surface area (Å²) in [5, 5.41) is 3.23. The summed E-state index contributed by atoms with van der Waals surface area (Å²) in [5.74, 6) is 0.812. The number of rotatable bonds is 4. The van der Waals surface area contributed by atoms with Crippen LogP contribution in [-0.2, 0) is 10.2 Å². The number of nitrogens with zero attached hydrogens (tertiary/aromatic N) is 1. The zero-order valence-corrected chi connectivity index (χ0v) is 14.7. The summed E-state index contributed by atoms with van der Waals surface area (Å²) in [6.45, 7) is 6.80. The van der Waals surface area contributed by atoms with E-state index in [1.165, 1.54) is 6.42 Å². The number of carbonyl (C=O) groups is 1. The average Bonchev–Trinajstić information content (AvgIpc) is 2.47. The van der Waals surface area contributed by atoms with Crippen LogP contribution in [0.1, 0.15) is 32.3 Å². The van der Waals surface area contributed by atoms with Gasteiger partial charge in [-0.15, -0.1) is 0 Å². The second-order valence-electron chi connectivity index (χ2n) is 6.45. The summed E-state index contributed by atoms with van der Waals surface area (Å²) in [6.07, 6.45) is 2.31. The molecule has 116 valence electrons. The molecule has 1 heterocycles. The molecule has 0 spiro atoms. The van der Waals surface area contributed by atoms with Crippen molar-refractivity contribution in [3.8, 4) is 0 Å². The molecule has 1 atom stereocenters. The minimum atomic E-state index is -0.481. The lowest BCUT2D eigenvalue weighted by atomic mass is 9.82.